The lowest BCUT2D eigenvalue weighted by Crippen LogP contribution is -2.68. The quantitative estimate of drug-likeness (QED) is 0.0124. The molecule has 4 N–H and O–H groups in total. The topological polar surface area (TPSA) is 258 Å². The van der Waals surface area contributed by atoms with Crippen LogP contribution in [0, 0.1) is 5.41 Å². The summed E-state index contributed by atoms with van der Waals surface area (Å²) >= 11 is 1.78. The van der Waals surface area contributed by atoms with Crippen LogP contribution in [-0.2, 0) is 88.1 Å². The van der Waals surface area contributed by atoms with Crippen LogP contribution >= 0.6 is 11.8 Å². The van der Waals surface area contributed by atoms with Gasteiger partial charge in [0.15, 0.2) is 25.0 Å². The number of hydrogen-bond donors (Lipinski definition) is 4. The number of azide groups is 1. The van der Waals surface area contributed by atoms with E-state index in [-0.39, 0.29) is 46.2 Å². The van der Waals surface area contributed by atoms with Gasteiger partial charge in [0.2, 0.25) is 0 Å². The summed E-state index contributed by atoms with van der Waals surface area (Å²) in [4.78, 5) is 16.8. The number of esters is 1. The number of aliphatic hydroxyl groups excluding tert-OH is 4. The van der Waals surface area contributed by atoms with Crippen LogP contribution in [0.15, 0.2) is 126 Å². The maximum atomic E-state index is 14.0. The highest BCUT2D eigenvalue weighted by atomic mass is 32.2. The molecule has 0 bridgehead atoms. The largest absolute Gasteiger partial charge is 0.454 e. The van der Waals surface area contributed by atoms with Gasteiger partial charge in [0.1, 0.15) is 67.1 Å². The molecule has 3 fully saturated rings. The molecule has 0 saturated carbocycles. The Morgan fingerprint density at radius 3 is 1.56 bits per heavy atom. The Balaban J connectivity index is 1.30. The zero-order valence-electron chi connectivity index (χ0n) is 46.7. The molecular weight excluding hydrogens is 1070 g/mol. The highest BCUT2D eigenvalue weighted by Gasteiger charge is 2.57. The number of carbonyl (C=O) groups excluding carboxylic acids is 1. The molecule has 3 saturated heterocycles. The maximum absolute atomic E-state index is 14.0. The Bertz CT molecular complexity index is 2430. The third-order valence-corrected chi connectivity index (χ3v) is 15.1. The number of benzene rings is 4. The van der Waals surface area contributed by atoms with Gasteiger partial charge in [-0.3, -0.25) is 4.79 Å². The molecular formula is C60H81N3O17S. The van der Waals surface area contributed by atoms with E-state index in [1.54, 1.807) is 32.5 Å². The highest BCUT2D eigenvalue weighted by molar-refractivity contribution is 7.99. The van der Waals surface area contributed by atoms with Gasteiger partial charge < -0.3 is 77.3 Å². The number of rotatable bonds is 32. The van der Waals surface area contributed by atoms with Crippen LogP contribution in [0.4, 0.5) is 0 Å². The molecule has 0 radical (unpaired) electrons. The number of nitrogens with zero attached hydrogens (tertiary/aromatic N) is 3. The lowest BCUT2D eigenvalue weighted by Gasteiger charge is -2.51. The third-order valence-electron chi connectivity index (χ3n) is 13.9. The van der Waals surface area contributed by atoms with Gasteiger partial charge >= 0.3 is 5.97 Å². The molecule has 20 nitrogen and oxygen atoms in total. The Morgan fingerprint density at radius 1 is 0.568 bits per heavy atom. The van der Waals surface area contributed by atoms with E-state index in [2.05, 4.69) is 10.0 Å². The number of methoxy groups -OCH3 is 1. The van der Waals surface area contributed by atoms with E-state index in [1.165, 1.54) is 7.11 Å². The Labute approximate surface area is 479 Å². The van der Waals surface area contributed by atoms with Crippen LogP contribution in [-0.4, -0.2) is 170 Å². The summed E-state index contributed by atoms with van der Waals surface area (Å²) < 4.78 is 80.0. The fourth-order valence-corrected chi connectivity index (χ4v) is 10.4. The summed E-state index contributed by atoms with van der Waals surface area (Å²) in [6.07, 6.45) is -16.6. The first kappa shape index (κ1) is 64.0. The SMILES string of the molecule is CO[C@@H]1O[C@H](COCc2ccccc2)[C@@H](O[C@@H]2O[C@H](COCc3ccccc3)[C@H](O[C@H]3O[C@H](CO)[C@H](O)[C@H](O)[C@H]3O)[C@H](OCc3ccccc3)[C@H]2OCCCCCSCCCN=[N+]=[N-])[C@H](OCc2ccccc2)[C@H]1OC(=O)C(C)(C)C. The first-order valence-corrected chi connectivity index (χ1v) is 28.9. The minimum Gasteiger partial charge on any atom is -0.454 e. The van der Waals surface area contributed by atoms with Crippen molar-refractivity contribution in [2.45, 2.75) is 165 Å². The number of ether oxygens (including phenoxy) is 12. The van der Waals surface area contributed by atoms with Gasteiger partial charge in [-0.1, -0.05) is 133 Å². The predicted molar refractivity (Wildman–Crippen MR) is 299 cm³/mol. The molecule has 0 spiro atoms. The standard InChI is InChI=1S/C60H81N3O17S/c1-60(2,3)59(68)80-55-53(74-37-43-27-16-8-17-28-43)51(45(76-57(55)69-4)38-70-34-40-21-10-5-11-22-40)79-58-54(72-30-18-9-19-31-81-32-20-29-62-63-61)52(73-36-42-25-14-7-15-26-42)50(46(77-58)39-71-35-41-23-12-6-13-24-41)78-56-49(67)48(66)47(65)44(33-64)75-56/h5-8,10-17,21-28,44-58,64-67H,9,18-20,29-39H2,1-4H3/t44-,45-,46-,47+,48+,49-,50+,51-,52+,53+,54-,55-,56-,57-,58+/m1/s1. The highest BCUT2D eigenvalue weighted by Crippen LogP contribution is 2.38. The molecule has 3 heterocycles. The fraction of sp³-hybridized carbons (Fsp3) is 0.583. The summed E-state index contributed by atoms with van der Waals surface area (Å²) in [5.41, 5.74) is 11.1. The van der Waals surface area contributed by atoms with Crippen LogP contribution in [0.3, 0.4) is 0 Å². The summed E-state index contributed by atoms with van der Waals surface area (Å²) in [6.45, 7) is 5.47. The predicted octanol–water partition coefficient (Wildman–Crippen LogP) is 7.20. The molecule has 0 aliphatic carbocycles. The van der Waals surface area contributed by atoms with Crippen LogP contribution in [0.1, 0.15) is 68.7 Å². The van der Waals surface area contributed by atoms with Crippen molar-refractivity contribution in [3.63, 3.8) is 0 Å². The summed E-state index contributed by atoms with van der Waals surface area (Å²) in [6, 6.07) is 38.2. The smallest absolute Gasteiger partial charge is 0.311 e. The van der Waals surface area contributed by atoms with Crippen LogP contribution < -0.4 is 0 Å². The Morgan fingerprint density at radius 2 is 1.05 bits per heavy atom. The number of carbonyl (C=O) groups is 1. The van der Waals surface area contributed by atoms with Gasteiger partial charge in [-0.2, -0.15) is 11.8 Å². The molecule has 444 valence electrons. The van der Waals surface area contributed by atoms with Crippen LogP contribution in [0.5, 0.6) is 0 Å². The van der Waals surface area contributed by atoms with Crippen molar-refractivity contribution in [2.75, 3.05) is 51.6 Å². The van der Waals surface area contributed by atoms with Crippen LogP contribution in [0.2, 0.25) is 0 Å². The molecule has 7 rings (SSSR count). The summed E-state index contributed by atoms with van der Waals surface area (Å²) in [5.74, 6) is 1.21. The van der Waals surface area contributed by atoms with E-state index in [0.717, 1.165) is 53.0 Å². The maximum Gasteiger partial charge on any atom is 0.311 e. The van der Waals surface area contributed by atoms with Crippen molar-refractivity contribution in [3.05, 3.63) is 154 Å². The number of thioether (sulfide) groups is 1. The van der Waals surface area contributed by atoms with Gasteiger partial charge in [-0.05, 0) is 79.3 Å². The lowest BCUT2D eigenvalue weighted by molar-refractivity contribution is -0.388. The van der Waals surface area contributed by atoms with E-state index in [1.807, 2.05) is 121 Å². The normalized spacial score (nSPS) is 28.7. The second kappa shape index (κ2) is 33.6. The second-order valence-corrected chi connectivity index (χ2v) is 22.4. The number of hydrogen-bond acceptors (Lipinski definition) is 19. The van der Waals surface area contributed by atoms with Gasteiger partial charge in [-0.15, -0.1) is 0 Å². The first-order chi connectivity index (χ1) is 39.4. The van der Waals surface area contributed by atoms with Crippen molar-refractivity contribution in [2.24, 2.45) is 10.5 Å². The Hall–Kier alpha value is -4.59. The van der Waals surface area contributed by atoms with Gasteiger partial charge in [0.05, 0.1) is 51.7 Å². The second-order valence-electron chi connectivity index (χ2n) is 21.2. The first-order valence-electron chi connectivity index (χ1n) is 27.8. The average Bonchev–Trinajstić information content (AvgIpc) is 3.64. The van der Waals surface area contributed by atoms with Crippen molar-refractivity contribution in [3.8, 4) is 0 Å². The zero-order chi connectivity index (χ0) is 57.4. The van der Waals surface area contributed by atoms with E-state index >= 15 is 0 Å². The lowest BCUT2D eigenvalue weighted by atomic mass is 9.94. The monoisotopic (exact) mass is 1150 g/mol. The van der Waals surface area contributed by atoms with Gasteiger partial charge in [0, 0.05) is 25.2 Å². The molecule has 21 heteroatoms. The molecule has 81 heavy (non-hydrogen) atoms. The van der Waals surface area contributed by atoms with Crippen molar-refractivity contribution in [1.82, 2.24) is 0 Å². The van der Waals surface area contributed by atoms with Crippen molar-refractivity contribution >= 4 is 17.7 Å². The Kier molecular flexibility index (Phi) is 26.6. The van der Waals surface area contributed by atoms with Crippen LogP contribution in [0.25, 0.3) is 10.4 Å². The van der Waals surface area contributed by atoms with Gasteiger partial charge in [0.25, 0.3) is 0 Å². The average molecular weight is 1150 g/mol. The fourth-order valence-electron chi connectivity index (χ4n) is 9.48. The van der Waals surface area contributed by atoms with E-state index in [0.29, 0.717) is 13.0 Å². The van der Waals surface area contributed by atoms with Crippen molar-refractivity contribution in [1.29, 1.82) is 0 Å². The van der Waals surface area contributed by atoms with Crippen molar-refractivity contribution < 1.29 is 82.1 Å². The zero-order valence-corrected chi connectivity index (χ0v) is 47.5. The van der Waals surface area contributed by atoms with Gasteiger partial charge in [-0.25, -0.2) is 0 Å². The summed E-state index contributed by atoms with van der Waals surface area (Å²) in [7, 11) is 1.46. The summed E-state index contributed by atoms with van der Waals surface area (Å²) in [5, 5.41) is 47.3. The molecule has 0 amide bonds. The molecule has 3 aliphatic rings. The number of aliphatic hydroxyl groups is 4. The minimum atomic E-state index is -1.78. The molecule has 3 aliphatic heterocycles. The van der Waals surface area contributed by atoms with E-state index < -0.39 is 110 Å². The molecule has 4 aromatic carbocycles. The van der Waals surface area contributed by atoms with E-state index in [9.17, 15) is 25.2 Å². The molecule has 15 atom stereocenters. The molecule has 0 unspecified atom stereocenters. The number of unbranched alkanes of at least 4 members (excludes halogenated alkanes) is 2. The van der Waals surface area contributed by atoms with E-state index in [4.69, 9.17) is 62.4 Å². The third kappa shape index (κ3) is 19.5. The minimum absolute atomic E-state index is 0.0345. The molecule has 0 aromatic heterocycles. The molecule has 4 aromatic rings.